The molecule has 0 radical (unpaired) electrons. The zero-order valence-corrected chi connectivity index (χ0v) is 49.2. The van der Waals surface area contributed by atoms with Crippen LogP contribution >= 0.6 is 0 Å². The molecule has 21 aromatic carbocycles. The van der Waals surface area contributed by atoms with Gasteiger partial charge in [0, 0.05) is 72.4 Å². The molecular formula is C76H40N2O10. The fourth-order valence-corrected chi connectivity index (χ4v) is 25.5. The molecule has 6 atom stereocenters. The van der Waals surface area contributed by atoms with Crippen LogP contribution in [0.15, 0.2) is 22.5 Å². The van der Waals surface area contributed by atoms with Crippen LogP contribution in [-0.2, 0) is 71.8 Å². The van der Waals surface area contributed by atoms with E-state index in [-0.39, 0.29) is 0 Å². The highest BCUT2D eigenvalue weighted by Crippen LogP contribution is 2.89. The Morgan fingerprint density at radius 1 is 0.295 bits per heavy atom. The predicted octanol–water partition coefficient (Wildman–Crippen LogP) is 16.2. The quantitative estimate of drug-likeness (QED) is 0.0548. The summed E-state index contributed by atoms with van der Waals surface area (Å²) < 4.78 is 8.85. The minimum Gasteiger partial charge on any atom is -0.463 e. The molecule has 0 aromatic heterocycles. The van der Waals surface area contributed by atoms with E-state index in [1.165, 1.54) is 162 Å². The third-order valence-electron chi connectivity index (χ3n) is 26.1. The minimum absolute atomic E-state index is 0.403. The fraction of sp³-hybridized carbons (Fsp3) is 0.289. The summed E-state index contributed by atoms with van der Waals surface area (Å²) in [6.45, 7) is 24.6. The molecule has 0 saturated heterocycles. The number of nitrogens with two attached hydrogens (primary N) is 1. The van der Waals surface area contributed by atoms with E-state index in [9.17, 15) is 0 Å². The zero-order valence-electron chi connectivity index (χ0n) is 49.2. The Morgan fingerprint density at radius 3 is 0.875 bits per heavy atom. The number of rotatable bonds is 9. The van der Waals surface area contributed by atoms with E-state index in [2.05, 4.69) is 26.2 Å². The number of hydrazine groups is 1. The molecule has 0 amide bonds. The summed E-state index contributed by atoms with van der Waals surface area (Å²) in [5, 5.41) is 67.3. The number of hydrogen-bond acceptors (Lipinski definition) is 12. The molecule has 1 aliphatic heterocycles. The lowest BCUT2D eigenvalue weighted by molar-refractivity contribution is -0.439. The van der Waals surface area contributed by atoms with E-state index in [0.717, 1.165) is 109 Å². The van der Waals surface area contributed by atoms with Gasteiger partial charge in [0.1, 0.15) is 5.60 Å². The second kappa shape index (κ2) is 9.67. The van der Waals surface area contributed by atoms with Crippen molar-refractivity contribution in [3.63, 3.8) is 0 Å². The molecule has 12 heteroatoms. The van der Waals surface area contributed by atoms with Gasteiger partial charge in [0.05, 0.1) is 22.4 Å². The van der Waals surface area contributed by atoms with Crippen LogP contribution in [0.5, 0.6) is 0 Å². The van der Waals surface area contributed by atoms with Crippen molar-refractivity contribution in [1.29, 1.82) is 0 Å². The zero-order chi connectivity index (χ0) is 57.2. The molecule has 414 valence electrons. The summed E-state index contributed by atoms with van der Waals surface area (Å²) in [5.74, 6) is 8.35. The maximum Gasteiger partial charge on any atom is 0.240 e. The maximum absolute atomic E-state index is 16.5. The van der Waals surface area contributed by atoms with E-state index < -0.39 is 56.1 Å². The lowest BCUT2D eigenvalue weighted by Gasteiger charge is -2.63. The van der Waals surface area contributed by atoms with E-state index in [1.54, 1.807) is 0 Å². The largest absolute Gasteiger partial charge is 0.463 e. The van der Waals surface area contributed by atoms with Crippen molar-refractivity contribution >= 4 is 215 Å². The molecule has 12 nitrogen and oxygen atoms in total. The highest BCUT2D eigenvalue weighted by molar-refractivity contribution is 6.77. The minimum atomic E-state index is -2.04. The van der Waals surface area contributed by atoms with Crippen LogP contribution < -0.4 is 11.3 Å². The summed E-state index contributed by atoms with van der Waals surface area (Å²) >= 11 is 0. The number of fused-ring (bicyclic) bond motifs is 5. The molecule has 21 aromatic rings. The van der Waals surface area contributed by atoms with Gasteiger partial charge < -0.3 is 9.84 Å². The van der Waals surface area contributed by atoms with E-state index in [4.69, 9.17) is 49.7 Å². The van der Waals surface area contributed by atoms with Gasteiger partial charge in [0.15, 0.2) is 17.0 Å². The Balaban J connectivity index is 1.07. The first kappa shape index (κ1) is 41.5. The average molecular weight is 1140 g/mol. The first-order valence-corrected chi connectivity index (χ1v) is 31.7. The van der Waals surface area contributed by atoms with Crippen LogP contribution in [0.4, 0.5) is 0 Å². The molecule has 10 aliphatic rings. The van der Waals surface area contributed by atoms with Gasteiger partial charge in [-0.1, -0.05) is 0 Å². The van der Waals surface area contributed by atoms with Crippen molar-refractivity contribution in [2.24, 2.45) is 5.84 Å². The summed E-state index contributed by atoms with van der Waals surface area (Å²) in [7, 11) is 0. The van der Waals surface area contributed by atoms with Crippen molar-refractivity contribution < 1.29 is 48.9 Å². The van der Waals surface area contributed by atoms with Crippen molar-refractivity contribution in [3.05, 3.63) is 78.1 Å². The lowest BCUT2D eigenvalue weighted by Crippen LogP contribution is -2.75. The van der Waals surface area contributed by atoms with Crippen LogP contribution in [-0.4, -0.2) is 33.2 Å². The van der Waals surface area contributed by atoms with E-state index in [1.807, 2.05) is 62.3 Å². The first-order chi connectivity index (χ1) is 42.1. The Labute approximate surface area is 490 Å². The number of nitrogens with one attached hydrogen (secondary N) is 1. The third kappa shape index (κ3) is 2.66. The van der Waals surface area contributed by atoms with Gasteiger partial charge in [-0.15, -0.1) is 0 Å². The Bertz CT molecular complexity index is 7420. The van der Waals surface area contributed by atoms with Crippen molar-refractivity contribution in [1.82, 2.24) is 5.43 Å². The van der Waals surface area contributed by atoms with Gasteiger partial charge >= 0.3 is 0 Å². The summed E-state index contributed by atoms with van der Waals surface area (Å²) in [5.41, 5.74) is -0.0120. The maximum atomic E-state index is 16.5. The Hall–Kier alpha value is -7.66. The lowest BCUT2D eigenvalue weighted by atomic mass is 9.50. The molecule has 9 aliphatic carbocycles. The third-order valence-corrected chi connectivity index (χ3v) is 26.1. The van der Waals surface area contributed by atoms with Crippen molar-refractivity contribution in [3.8, 4) is 0 Å². The number of ether oxygens (including phenoxy) is 1. The van der Waals surface area contributed by atoms with Crippen LogP contribution in [0.1, 0.15) is 139 Å². The van der Waals surface area contributed by atoms with Gasteiger partial charge in [-0.25, -0.2) is 44.5 Å². The summed E-state index contributed by atoms with van der Waals surface area (Å²) in [6, 6.07) is 0. The SMILES string of the molecule is CC(C)(C)OO[C@@]12C3=C4C5=C6O[C@]3(NN)[C@@]3(OOC(C)(C)C)c7c1c1c8c2c2c9c%10c(c%11c%12c%13c(c%14c%15c%16c(c3c3c7c7c1c1c%17c8c9c8c9c%10c%12c%10c%12c%13c%15c%13c%15c%16c3c3c7c1c1c(c8%17)c(c9%10)c(c%12%13)c1c%153)[C@]6%14OOC(C)(C)C)[C@]5%11OOC(C)(C)C)[C@]42O. The standard InChI is InChI=1S/C76H40N2O10/c1-67(2,3)81-85-72-55-45-35-25-18-13-14-16-17-15(13)20-27(25)37-38-28(20)30-22(17)32-31-21(16)29-26-19(14)24-23(18)33(35)43-44-34(24)36(26)46-49-39(29)41(31)51-52-42(32)40(30)50-48(38)58(57(72)47(37)45)74(87-83-69(7,8)9)60(50)62(52)75(88-84-70(10,11)12)61(51)59(49)73(86-82-68(4,5)6)56(46)54(44)71(79,53(43)55)63-64(72)66(74)80-76(75,78-77)65(63)73/h78-79H,77H2,1-12H3/t71-,72+,73-,74+,75-,76+/m1/s1. The topological polar surface area (TPSA) is 141 Å². The van der Waals surface area contributed by atoms with Crippen LogP contribution in [0.2, 0.25) is 0 Å². The van der Waals surface area contributed by atoms with Crippen molar-refractivity contribution in [2.75, 3.05) is 0 Å². The fourth-order valence-electron chi connectivity index (χ4n) is 25.5. The van der Waals surface area contributed by atoms with E-state index in [0.29, 0.717) is 22.5 Å². The average Bonchev–Trinajstić information content (AvgIpc) is 1.37. The number of hydrogen-bond donors (Lipinski definition) is 3. The molecule has 31 rings (SSSR count). The molecule has 4 N–H and O–H groups in total. The molecule has 0 saturated carbocycles. The smallest absolute Gasteiger partial charge is 0.240 e. The number of benzene rings is 15. The summed E-state index contributed by atoms with van der Waals surface area (Å²) in [6.07, 6.45) is 0. The normalized spacial score (nSPS) is 29.0. The van der Waals surface area contributed by atoms with Crippen LogP contribution in [0.25, 0.3) is 215 Å². The van der Waals surface area contributed by atoms with Crippen LogP contribution in [0.3, 0.4) is 0 Å². The molecular weight excluding hydrogens is 1100 g/mol. The molecule has 0 bridgehead atoms. The van der Waals surface area contributed by atoms with Gasteiger partial charge in [-0.05, 0) is 299 Å². The molecule has 0 fully saturated rings. The Morgan fingerprint density at radius 2 is 0.534 bits per heavy atom. The van der Waals surface area contributed by atoms with Gasteiger partial charge in [0.25, 0.3) is 0 Å². The monoisotopic (exact) mass is 1140 g/mol. The van der Waals surface area contributed by atoms with E-state index >= 15 is 5.11 Å². The molecule has 0 unspecified atom stereocenters. The van der Waals surface area contributed by atoms with Crippen molar-refractivity contribution in [2.45, 2.75) is 139 Å². The highest BCUT2D eigenvalue weighted by Gasteiger charge is 2.87. The first-order valence-electron chi connectivity index (χ1n) is 31.7. The van der Waals surface area contributed by atoms with Gasteiger partial charge in [-0.2, -0.15) is 0 Å². The molecule has 1 heterocycles. The number of aliphatic hydroxyl groups is 1. The molecule has 88 heavy (non-hydrogen) atoms. The van der Waals surface area contributed by atoms with Crippen LogP contribution in [0, 0.1) is 0 Å². The summed E-state index contributed by atoms with van der Waals surface area (Å²) in [4.78, 5) is 61.4. The highest BCUT2D eigenvalue weighted by atomic mass is 17.2. The predicted molar refractivity (Wildman–Crippen MR) is 337 cm³/mol. The second-order valence-corrected chi connectivity index (χ2v) is 33.7. The van der Waals surface area contributed by atoms with Gasteiger partial charge in [0.2, 0.25) is 16.9 Å². The van der Waals surface area contributed by atoms with Gasteiger partial charge in [-0.3, -0.25) is 5.84 Å². The second-order valence-electron chi connectivity index (χ2n) is 33.7. The Kier molecular flexibility index (Phi) is 4.57. The molecule has 0 spiro atoms.